The minimum Gasteiger partial charge on any atom is -0.395 e. The Morgan fingerprint density at radius 1 is 1.33 bits per heavy atom. The number of anilines is 1. The van der Waals surface area contributed by atoms with Crippen LogP contribution in [0.5, 0.6) is 0 Å². The van der Waals surface area contributed by atoms with Crippen molar-refractivity contribution in [3.05, 3.63) is 22.9 Å². The fourth-order valence-electron chi connectivity index (χ4n) is 3.58. The highest BCUT2D eigenvalue weighted by Crippen LogP contribution is 2.32. The van der Waals surface area contributed by atoms with Gasteiger partial charge in [0.15, 0.2) is 0 Å². The quantitative estimate of drug-likeness (QED) is 0.751. The molecule has 0 aliphatic heterocycles. The number of amides is 1. The first kappa shape index (κ1) is 17.4. The van der Waals surface area contributed by atoms with Gasteiger partial charge in [-0.25, -0.2) is 4.98 Å². The van der Waals surface area contributed by atoms with Gasteiger partial charge in [0.2, 0.25) is 5.91 Å². The molecule has 0 atom stereocenters. The molecule has 1 fully saturated rings. The Balaban J connectivity index is 1.77. The van der Waals surface area contributed by atoms with Gasteiger partial charge in [-0.2, -0.15) is 0 Å². The van der Waals surface area contributed by atoms with Crippen molar-refractivity contribution >= 4 is 38.6 Å². The summed E-state index contributed by atoms with van der Waals surface area (Å²) in [6, 6.07) is 1.87. The summed E-state index contributed by atoms with van der Waals surface area (Å²) in [7, 11) is 0. The second-order valence-corrected chi connectivity index (χ2v) is 7.42. The first-order valence-electron chi connectivity index (χ1n) is 8.73. The van der Waals surface area contributed by atoms with Gasteiger partial charge in [0.25, 0.3) is 0 Å². The van der Waals surface area contributed by atoms with Crippen LogP contribution < -0.4 is 5.32 Å². The molecule has 24 heavy (non-hydrogen) atoms. The summed E-state index contributed by atoms with van der Waals surface area (Å²) in [5.74, 6) is 0.570. The van der Waals surface area contributed by atoms with Crippen molar-refractivity contribution in [3.63, 3.8) is 0 Å². The van der Waals surface area contributed by atoms with Crippen molar-refractivity contribution < 1.29 is 9.90 Å². The molecule has 5 nitrogen and oxygen atoms in total. The molecule has 0 unspecified atom stereocenters. The van der Waals surface area contributed by atoms with E-state index in [-0.39, 0.29) is 12.5 Å². The lowest BCUT2D eigenvalue weighted by Crippen LogP contribution is -2.16. The van der Waals surface area contributed by atoms with Gasteiger partial charge in [0.1, 0.15) is 5.65 Å². The highest BCUT2D eigenvalue weighted by atomic mass is 79.9. The first-order valence-corrected chi connectivity index (χ1v) is 9.52. The third kappa shape index (κ3) is 3.98. The Labute approximate surface area is 150 Å². The summed E-state index contributed by atoms with van der Waals surface area (Å²) in [5.41, 5.74) is 1.53. The van der Waals surface area contributed by atoms with Crippen LogP contribution in [0.4, 0.5) is 5.69 Å². The van der Waals surface area contributed by atoms with E-state index in [4.69, 9.17) is 0 Å². The number of aliphatic hydroxyl groups excluding tert-OH is 1. The van der Waals surface area contributed by atoms with Crippen molar-refractivity contribution in [1.29, 1.82) is 0 Å². The highest BCUT2D eigenvalue weighted by Gasteiger charge is 2.19. The van der Waals surface area contributed by atoms with Crippen LogP contribution in [0, 0.1) is 5.92 Å². The molecule has 1 saturated carbocycles. The maximum atomic E-state index is 12.5. The van der Waals surface area contributed by atoms with Crippen LogP contribution in [-0.2, 0) is 11.3 Å². The van der Waals surface area contributed by atoms with Crippen LogP contribution in [0.1, 0.15) is 44.9 Å². The number of rotatable bonds is 5. The first-order chi connectivity index (χ1) is 11.7. The van der Waals surface area contributed by atoms with Gasteiger partial charge in [-0.3, -0.25) is 4.79 Å². The third-order valence-corrected chi connectivity index (χ3v) is 5.43. The predicted octanol–water partition coefficient (Wildman–Crippen LogP) is 4.09. The van der Waals surface area contributed by atoms with Gasteiger partial charge in [-0.05, 0) is 40.8 Å². The number of nitrogens with zero attached hydrogens (tertiary/aromatic N) is 2. The second kappa shape index (κ2) is 8.12. The monoisotopic (exact) mass is 393 g/mol. The molecular weight excluding hydrogens is 370 g/mol. The predicted molar refractivity (Wildman–Crippen MR) is 99.0 cm³/mol. The molecule has 2 heterocycles. The molecule has 0 spiro atoms. The summed E-state index contributed by atoms with van der Waals surface area (Å²) in [6.07, 6.45) is 11.6. The zero-order chi connectivity index (χ0) is 16.9. The molecule has 1 aliphatic rings. The van der Waals surface area contributed by atoms with Gasteiger partial charge in [0, 0.05) is 29.8 Å². The lowest BCUT2D eigenvalue weighted by Gasteiger charge is -2.13. The van der Waals surface area contributed by atoms with E-state index >= 15 is 0 Å². The number of halogens is 1. The normalized spacial score (nSPS) is 16.2. The van der Waals surface area contributed by atoms with E-state index in [0.717, 1.165) is 34.0 Å². The highest BCUT2D eigenvalue weighted by molar-refractivity contribution is 9.10. The van der Waals surface area contributed by atoms with E-state index in [2.05, 4.69) is 26.2 Å². The summed E-state index contributed by atoms with van der Waals surface area (Å²) < 4.78 is 2.77. The molecule has 3 rings (SSSR count). The summed E-state index contributed by atoms with van der Waals surface area (Å²) in [4.78, 5) is 16.9. The number of nitrogens with one attached hydrogen (secondary N) is 1. The van der Waals surface area contributed by atoms with Gasteiger partial charge in [-0.15, -0.1) is 0 Å². The Hall–Kier alpha value is -1.40. The number of hydrogen-bond donors (Lipinski definition) is 2. The fourth-order valence-corrected chi connectivity index (χ4v) is 4.09. The fraction of sp³-hybridized carbons (Fsp3) is 0.556. The zero-order valence-corrected chi connectivity index (χ0v) is 15.4. The molecule has 0 saturated heterocycles. The van der Waals surface area contributed by atoms with E-state index in [0.29, 0.717) is 18.9 Å². The number of aliphatic hydroxyl groups is 1. The number of carbonyl (C=O) groups is 1. The summed E-state index contributed by atoms with van der Waals surface area (Å²) >= 11 is 3.54. The van der Waals surface area contributed by atoms with Crippen molar-refractivity contribution in [2.75, 3.05) is 11.9 Å². The number of carbonyl (C=O) groups excluding carboxylic acids is 1. The summed E-state index contributed by atoms with van der Waals surface area (Å²) in [5, 5.41) is 13.2. The van der Waals surface area contributed by atoms with Crippen LogP contribution in [0.3, 0.4) is 0 Å². The van der Waals surface area contributed by atoms with Crippen LogP contribution in [0.2, 0.25) is 0 Å². The molecule has 0 bridgehead atoms. The molecule has 1 aliphatic carbocycles. The largest absolute Gasteiger partial charge is 0.395 e. The van der Waals surface area contributed by atoms with Crippen LogP contribution in [-0.4, -0.2) is 27.2 Å². The molecule has 6 heteroatoms. The molecular formula is C18H24BrN3O2. The Kier molecular flexibility index (Phi) is 5.89. The Morgan fingerprint density at radius 2 is 2.08 bits per heavy atom. The topological polar surface area (TPSA) is 67.2 Å². The Bertz CT molecular complexity index is 706. The van der Waals surface area contributed by atoms with Crippen molar-refractivity contribution in [2.45, 2.75) is 51.5 Å². The number of pyridine rings is 1. The Morgan fingerprint density at radius 3 is 2.79 bits per heavy atom. The van der Waals surface area contributed by atoms with Gasteiger partial charge >= 0.3 is 0 Å². The SMILES string of the molecule is O=C(CC1CCCCCC1)Nc1cn(CCO)c2nccc(Br)c12. The average molecular weight is 394 g/mol. The molecule has 0 radical (unpaired) electrons. The summed E-state index contributed by atoms with van der Waals surface area (Å²) in [6.45, 7) is 0.492. The van der Waals surface area contributed by atoms with Crippen LogP contribution in [0.15, 0.2) is 22.9 Å². The number of hydrogen-bond acceptors (Lipinski definition) is 3. The number of aromatic nitrogens is 2. The van der Waals surface area contributed by atoms with Gasteiger partial charge in [0.05, 0.1) is 17.7 Å². The molecule has 1 amide bonds. The van der Waals surface area contributed by atoms with Crippen LogP contribution in [0.25, 0.3) is 11.0 Å². The third-order valence-electron chi connectivity index (χ3n) is 4.77. The maximum Gasteiger partial charge on any atom is 0.224 e. The maximum absolute atomic E-state index is 12.5. The second-order valence-electron chi connectivity index (χ2n) is 6.56. The van der Waals surface area contributed by atoms with Crippen molar-refractivity contribution in [1.82, 2.24) is 9.55 Å². The van der Waals surface area contributed by atoms with E-state index in [1.807, 2.05) is 16.8 Å². The average Bonchev–Trinajstić information content (AvgIpc) is 2.72. The zero-order valence-electron chi connectivity index (χ0n) is 13.8. The van der Waals surface area contributed by atoms with E-state index in [9.17, 15) is 9.90 Å². The lowest BCUT2D eigenvalue weighted by molar-refractivity contribution is -0.117. The van der Waals surface area contributed by atoms with Crippen LogP contribution >= 0.6 is 15.9 Å². The van der Waals surface area contributed by atoms with Gasteiger partial charge in [-0.1, -0.05) is 25.7 Å². The molecule has 2 aromatic heterocycles. The van der Waals surface area contributed by atoms with E-state index < -0.39 is 0 Å². The molecule has 130 valence electrons. The molecule has 2 aromatic rings. The van der Waals surface area contributed by atoms with Crippen molar-refractivity contribution in [2.24, 2.45) is 5.92 Å². The van der Waals surface area contributed by atoms with Gasteiger partial charge < -0.3 is 15.0 Å². The minimum absolute atomic E-state index is 0.0352. The van der Waals surface area contributed by atoms with E-state index in [1.54, 1.807) is 6.20 Å². The number of fused-ring (bicyclic) bond motifs is 1. The smallest absolute Gasteiger partial charge is 0.224 e. The lowest BCUT2D eigenvalue weighted by atomic mass is 9.96. The van der Waals surface area contributed by atoms with E-state index in [1.165, 1.54) is 25.7 Å². The standard InChI is InChI=1S/C18H24BrN3O2/c19-14-7-8-20-18-17(14)15(12-22(18)9-10-23)21-16(24)11-13-5-3-1-2-4-6-13/h7-8,12-13,23H,1-6,9-11H2,(H,21,24). The molecule has 2 N–H and O–H groups in total. The molecule has 0 aromatic carbocycles. The van der Waals surface area contributed by atoms with Crippen molar-refractivity contribution in [3.8, 4) is 0 Å². The minimum atomic E-state index is 0.0352.